The van der Waals surface area contributed by atoms with E-state index in [-0.39, 0.29) is 5.91 Å². The molecule has 0 aliphatic carbocycles. The Morgan fingerprint density at radius 3 is 3.00 bits per heavy atom. The van der Waals surface area contributed by atoms with Crippen LogP contribution in [0.3, 0.4) is 0 Å². The van der Waals surface area contributed by atoms with Gasteiger partial charge in [0.2, 0.25) is 5.91 Å². The number of likely N-dealkylation sites (tertiary alicyclic amines) is 1. The quantitative estimate of drug-likeness (QED) is 0.582. The summed E-state index contributed by atoms with van der Waals surface area (Å²) in [4.78, 5) is 13.3. The molecule has 3 N–H and O–H groups in total. The van der Waals surface area contributed by atoms with E-state index >= 15 is 0 Å². The summed E-state index contributed by atoms with van der Waals surface area (Å²) in [7, 11) is 2.06. The van der Waals surface area contributed by atoms with E-state index < -0.39 is 0 Å². The lowest BCUT2D eigenvalue weighted by molar-refractivity contribution is -0.121. The molecular formula is C8H17N3O. The summed E-state index contributed by atoms with van der Waals surface area (Å²) in [6.07, 6.45) is 1.51. The van der Waals surface area contributed by atoms with Gasteiger partial charge in [0.15, 0.2) is 0 Å². The van der Waals surface area contributed by atoms with Gasteiger partial charge in [0.25, 0.3) is 0 Å². The van der Waals surface area contributed by atoms with Gasteiger partial charge in [0.05, 0.1) is 0 Å². The lowest BCUT2D eigenvalue weighted by Crippen LogP contribution is -2.37. The standard InChI is InChI=1S/C8H17N3O/c1-11-5-3-7(6-11)10-8(12)2-4-9/h7H,2-6,9H2,1H3,(H,10,12). The van der Waals surface area contributed by atoms with Crippen molar-refractivity contribution in [3.05, 3.63) is 0 Å². The summed E-state index contributed by atoms with van der Waals surface area (Å²) in [5, 5.41) is 2.95. The monoisotopic (exact) mass is 171 g/mol. The maximum Gasteiger partial charge on any atom is 0.221 e. The van der Waals surface area contributed by atoms with Crippen molar-refractivity contribution in [3.8, 4) is 0 Å². The van der Waals surface area contributed by atoms with Crippen molar-refractivity contribution >= 4 is 5.91 Å². The zero-order chi connectivity index (χ0) is 8.97. The largest absolute Gasteiger partial charge is 0.352 e. The van der Waals surface area contributed by atoms with Gasteiger partial charge < -0.3 is 16.0 Å². The average Bonchev–Trinajstić information content (AvgIpc) is 2.36. The van der Waals surface area contributed by atoms with Crippen molar-refractivity contribution in [2.75, 3.05) is 26.7 Å². The van der Waals surface area contributed by atoms with Crippen LogP contribution in [0, 0.1) is 0 Å². The van der Waals surface area contributed by atoms with Crippen LogP contribution in [0.15, 0.2) is 0 Å². The second kappa shape index (κ2) is 4.42. The third kappa shape index (κ3) is 2.79. The Hall–Kier alpha value is -0.610. The van der Waals surface area contributed by atoms with Crippen LogP contribution in [0.5, 0.6) is 0 Å². The van der Waals surface area contributed by atoms with Crippen molar-refractivity contribution in [1.29, 1.82) is 0 Å². The maximum absolute atomic E-state index is 11.1. The third-order valence-corrected chi connectivity index (χ3v) is 2.13. The Labute approximate surface area is 73.1 Å². The topological polar surface area (TPSA) is 58.4 Å². The minimum Gasteiger partial charge on any atom is -0.352 e. The van der Waals surface area contributed by atoms with Gasteiger partial charge in [-0.2, -0.15) is 0 Å². The van der Waals surface area contributed by atoms with Crippen LogP contribution in [0.2, 0.25) is 0 Å². The Kier molecular flexibility index (Phi) is 3.49. The van der Waals surface area contributed by atoms with Crippen molar-refractivity contribution in [1.82, 2.24) is 10.2 Å². The molecule has 1 atom stereocenters. The van der Waals surface area contributed by atoms with E-state index in [2.05, 4.69) is 17.3 Å². The smallest absolute Gasteiger partial charge is 0.221 e. The number of likely N-dealkylation sites (N-methyl/N-ethyl adjacent to an activating group) is 1. The normalized spacial score (nSPS) is 24.3. The van der Waals surface area contributed by atoms with Crippen LogP contribution in [-0.2, 0) is 4.79 Å². The summed E-state index contributed by atoms with van der Waals surface area (Å²) in [5.41, 5.74) is 5.26. The molecule has 1 unspecified atom stereocenters. The molecule has 0 aromatic carbocycles. The van der Waals surface area contributed by atoms with E-state index in [0.717, 1.165) is 19.5 Å². The van der Waals surface area contributed by atoms with Crippen molar-refractivity contribution in [2.45, 2.75) is 18.9 Å². The third-order valence-electron chi connectivity index (χ3n) is 2.13. The number of nitrogens with two attached hydrogens (primary N) is 1. The predicted molar refractivity (Wildman–Crippen MR) is 47.7 cm³/mol. The van der Waals surface area contributed by atoms with E-state index in [1.165, 1.54) is 0 Å². The Bertz CT molecular complexity index is 160. The Morgan fingerprint density at radius 1 is 1.75 bits per heavy atom. The summed E-state index contributed by atoms with van der Waals surface area (Å²) >= 11 is 0. The molecule has 0 aromatic rings. The molecule has 1 rings (SSSR count). The highest BCUT2D eigenvalue weighted by atomic mass is 16.1. The first-order chi connectivity index (χ1) is 5.72. The fourth-order valence-electron chi connectivity index (χ4n) is 1.48. The van der Waals surface area contributed by atoms with E-state index in [1.807, 2.05) is 0 Å². The van der Waals surface area contributed by atoms with E-state index in [9.17, 15) is 4.79 Å². The average molecular weight is 171 g/mol. The van der Waals surface area contributed by atoms with Crippen LogP contribution < -0.4 is 11.1 Å². The molecule has 4 nitrogen and oxygen atoms in total. The van der Waals surface area contributed by atoms with Crippen LogP contribution in [0.25, 0.3) is 0 Å². The van der Waals surface area contributed by atoms with E-state index in [1.54, 1.807) is 0 Å². The molecule has 70 valence electrons. The number of hydrogen-bond acceptors (Lipinski definition) is 3. The first kappa shape index (κ1) is 9.48. The van der Waals surface area contributed by atoms with Crippen LogP contribution >= 0.6 is 0 Å². The number of carbonyl (C=O) groups is 1. The highest BCUT2D eigenvalue weighted by Crippen LogP contribution is 2.05. The van der Waals surface area contributed by atoms with Gasteiger partial charge in [-0.3, -0.25) is 4.79 Å². The minimum atomic E-state index is 0.0813. The Morgan fingerprint density at radius 2 is 2.50 bits per heavy atom. The molecule has 0 bridgehead atoms. The molecule has 12 heavy (non-hydrogen) atoms. The Balaban J connectivity index is 2.18. The van der Waals surface area contributed by atoms with Crippen molar-refractivity contribution in [3.63, 3.8) is 0 Å². The van der Waals surface area contributed by atoms with Gasteiger partial charge >= 0.3 is 0 Å². The van der Waals surface area contributed by atoms with Crippen LogP contribution in [0.4, 0.5) is 0 Å². The van der Waals surface area contributed by atoms with E-state index in [0.29, 0.717) is 19.0 Å². The first-order valence-electron chi connectivity index (χ1n) is 4.40. The van der Waals surface area contributed by atoms with Gasteiger partial charge in [0, 0.05) is 25.6 Å². The molecule has 0 spiro atoms. The van der Waals surface area contributed by atoms with Crippen LogP contribution in [-0.4, -0.2) is 43.5 Å². The minimum absolute atomic E-state index is 0.0813. The fraction of sp³-hybridized carbons (Fsp3) is 0.875. The second-order valence-corrected chi connectivity index (χ2v) is 3.35. The molecule has 1 heterocycles. The lowest BCUT2D eigenvalue weighted by atomic mass is 10.2. The van der Waals surface area contributed by atoms with Crippen LogP contribution in [0.1, 0.15) is 12.8 Å². The molecule has 0 radical (unpaired) electrons. The summed E-state index contributed by atoms with van der Waals surface area (Å²) < 4.78 is 0. The molecule has 0 aromatic heterocycles. The zero-order valence-corrected chi connectivity index (χ0v) is 7.55. The highest BCUT2D eigenvalue weighted by Gasteiger charge is 2.20. The molecule has 1 fully saturated rings. The second-order valence-electron chi connectivity index (χ2n) is 3.35. The number of hydrogen-bond donors (Lipinski definition) is 2. The molecule has 1 amide bonds. The van der Waals surface area contributed by atoms with Gasteiger partial charge in [-0.1, -0.05) is 0 Å². The van der Waals surface area contributed by atoms with Gasteiger partial charge in [-0.05, 0) is 20.0 Å². The maximum atomic E-state index is 11.1. The highest BCUT2D eigenvalue weighted by molar-refractivity contribution is 5.76. The molecule has 4 heteroatoms. The molecule has 0 saturated carbocycles. The summed E-state index contributed by atoms with van der Waals surface area (Å²) in [6.45, 7) is 2.48. The summed E-state index contributed by atoms with van der Waals surface area (Å²) in [5.74, 6) is 0.0813. The van der Waals surface area contributed by atoms with Gasteiger partial charge in [0.1, 0.15) is 0 Å². The van der Waals surface area contributed by atoms with Gasteiger partial charge in [-0.15, -0.1) is 0 Å². The number of nitrogens with one attached hydrogen (secondary N) is 1. The molecule has 1 saturated heterocycles. The van der Waals surface area contributed by atoms with E-state index in [4.69, 9.17) is 5.73 Å². The number of amides is 1. The van der Waals surface area contributed by atoms with Crippen molar-refractivity contribution < 1.29 is 4.79 Å². The SMILES string of the molecule is CN1CCC(NC(=O)CCN)C1. The fourth-order valence-corrected chi connectivity index (χ4v) is 1.48. The number of rotatable bonds is 3. The molecule has 1 aliphatic rings. The number of nitrogens with zero attached hydrogens (tertiary/aromatic N) is 1. The molecule has 1 aliphatic heterocycles. The first-order valence-corrected chi connectivity index (χ1v) is 4.40. The summed E-state index contributed by atoms with van der Waals surface area (Å²) in [6, 6.07) is 0.342. The van der Waals surface area contributed by atoms with Crippen molar-refractivity contribution in [2.24, 2.45) is 5.73 Å². The number of carbonyl (C=O) groups excluding carboxylic acids is 1. The zero-order valence-electron chi connectivity index (χ0n) is 7.55. The van der Waals surface area contributed by atoms with Gasteiger partial charge in [-0.25, -0.2) is 0 Å². The predicted octanol–water partition coefficient (Wildman–Crippen LogP) is -0.844. The lowest BCUT2D eigenvalue weighted by Gasteiger charge is -2.11. The molecular weight excluding hydrogens is 154 g/mol.